The van der Waals surface area contributed by atoms with Gasteiger partial charge in [-0.05, 0) is 17.7 Å². The lowest BCUT2D eigenvalue weighted by Gasteiger charge is -2.39. The van der Waals surface area contributed by atoms with E-state index in [9.17, 15) is 20.4 Å². The fraction of sp³-hybridized carbons (Fsp3) is 0.421. The minimum atomic E-state index is -1.61. The Hall–Kier alpha value is -2.99. The van der Waals surface area contributed by atoms with Crippen LogP contribution in [0.4, 0.5) is 5.82 Å². The second-order valence-corrected chi connectivity index (χ2v) is 7.22. The standard InChI is InChI=1S/C19H23N5O6/c1-9(10-3-4-12(29-2)11(26)5-10)19(16(28)15(27)13(6-25)30-19)24-8-23-14-17(20)21-7-22-18(14)24/h3-5,7-9,13,15-16,25-28H,6H2,1-2H3,(H2,20,21,22)/t9?,13-,15-,16-,19-/m1/s1. The number of hydrogen-bond acceptors (Lipinski definition) is 10. The zero-order valence-corrected chi connectivity index (χ0v) is 16.4. The summed E-state index contributed by atoms with van der Waals surface area (Å²) < 4.78 is 12.7. The number of aromatic hydroxyl groups is 1. The van der Waals surface area contributed by atoms with Crippen LogP contribution in [0.25, 0.3) is 11.2 Å². The monoisotopic (exact) mass is 417 g/mol. The Bertz CT molecular complexity index is 1070. The molecule has 1 aliphatic heterocycles. The van der Waals surface area contributed by atoms with E-state index >= 15 is 0 Å². The first-order valence-corrected chi connectivity index (χ1v) is 9.30. The summed E-state index contributed by atoms with van der Waals surface area (Å²) >= 11 is 0. The SMILES string of the molecule is COc1ccc(C(C)[C@@]2(n3cnc4c(N)ncnc43)O[C@H](CO)[C@@H](O)[C@H]2O)cc1O. The summed E-state index contributed by atoms with van der Waals surface area (Å²) in [6.07, 6.45) is -1.23. The largest absolute Gasteiger partial charge is 0.504 e. The number of methoxy groups -OCH3 is 1. The molecule has 30 heavy (non-hydrogen) atoms. The third-order valence-corrected chi connectivity index (χ3v) is 5.71. The molecule has 3 heterocycles. The molecule has 0 spiro atoms. The van der Waals surface area contributed by atoms with E-state index in [1.807, 2.05) is 0 Å². The molecule has 1 fully saturated rings. The van der Waals surface area contributed by atoms with Gasteiger partial charge in [-0.2, -0.15) is 0 Å². The number of nitrogens with zero attached hydrogens (tertiary/aromatic N) is 4. The summed E-state index contributed by atoms with van der Waals surface area (Å²) in [5.74, 6) is -0.292. The number of hydrogen-bond donors (Lipinski definition) is 5. The quantitative estimate of drug-likeness (QED) is 0.371. The summed E-state index contributed by atoms with van der Waals surface area (Å²) in [4.78, 5) is 12.4. The Balaban J connectivity index is 1.93. The summed E-state index contributed by atoms with van der Waals surface area (Å²) in [5, 5.41) is 41.6. The first kappa shape index (κ1) is 20.3. The molecule has 0 radical (unpaired) electrons. The van der Waals surface area contributed by atoms with Crippen molar-refractivity contribution in [2.24, 2.45) is 0 Å². The highest BCUT2D eigenvalue weighted by Gasteiger charge is 2.59. The summed E-state index contributed by atoms with van der Waals surface area (Å²) in [7, 11) is 1.44. The molecule has 0 saturated carbocycles. The number of aromatic nitrogens is 4. The molecule has 11 nitrogen and oxygen atoms in total. The van der Waals surface area contributed by atoms with Gasteiger partial charge >= 0.3 is 0 Å². The number of rotatable bonds is 5. The van der Waals surface area contributed by atoms with Crippen molar-refractivity contribution in [3.63, 3.8) is 0 Å². The molecule has 1 unspecified atom stereocenters. The minimum absolute atomic E-state index is 0.0918. The molecule has 0 bridgehead atoms. The van der Waals surface area contributed by atoms with Crippen molar-refractivity contribution >= 4 is 17.0 Å². The van der Waals surface area contributed by atoms with Crippen LogP contribution in [0.15, 0.2) is 30.9 Å². The highest BCUT2D eigenvalue weighted by atomic mass is 16.6. The molecular formula is C19H23N5O6. The lowest BCUT2D eigenvalue weighted by atomic mass is 9.84. The molecule has 160 valence electrons. The zero-order valence-electron chi connectivity index (χ0n) is 16.4. The van der Waals surface area contributed by atoms with Crippen LogP contribution in [0.1, 0.15) is 18.4 Å². The molecular weight excluding hydrogens is 394 g/mol. The number of fused-ring (bicyclic) bond motifs is 1. The van der Waals surface area contributed by atoms with E-state index in [0.29, 0.717) is 11.1 Å². The van der Waals surface area contributed by atoms with E-state index in [4.69, 9.17) is 15.2 Å². The molecule has 1 aromatic carbocycles. The van der Waals surface area contributed by atoms with Gasteiger partial charge in [0.2, 0.25) is 0 Å². The van der Waals surface area contributed by atoms with Gasteiger partial charge in [-0.1, -0.05) is 13.0 Å². The van der Waals surface area contributed by atoms with E-state index in [-0.39, 0.29) is 23.0 Å². The van der Waals surface area contributed by atoms with Gasteiger partial charge < -0.3 is 35.6 Å². The number of ether oxygens (including phenoxy) is 2. The van der Waals surface area contributed by atoms with Crippen LogP contribution in [-0.2, 0) is 10.5 Å². The number of phenolic OH excluding ortho intramolecular Hbond substituents is 1. The van der Waals surface area contributed by atoms with Crippen molar-refractivity contribution in [2.75, 3.05) is 19.5 Å². The predicted octanol–water partition coefficient (Wildman–Crippen LogP) is -0.308. The van der Waals surface area contributed by atoms with E-state index in [1.165, 1.54) is 30.4 Å². The average molecular weight is 417 g/mol. The van der Waals surface area contributed by atoms with Gasteiger partial charge in [-0.3, -0.25) is 4.57 Å². The average Bonchev–Trinajstić information content (AvgIpc) is 3.29. The van der Waals surface area contributed by atoms with Gasteiger partial charge in [0.25, 0.3) is 0 Å². The highest BCUT2D eigenvalue weighted by Crippen LogP contribution is 2.48. The number of benzene rings is 1. The smallest absolute Gasteiger partial charge is 0.183 e. The molecule has 5 atom stereocenters. The summed E-state index contributed by atoms with van der Waals surface area (Å²) in [6, 6.07) is 4.78. The van der Waals surface area contributed by atoms with E-state index in [2.05, 4.69) is 15.0 Å². The Morgan fingerprint density at radius 1 is 1.30 bits per heavy atom. The van der Waals surface area contributed by atoms with Gasteiger partial charge in [-0.25, -0.2) is 15.0 Å². The Kier molecular flexibility index (Phi) is 4.98. The molecule has 2 aromatic heterocycles. The van der Waals surface area contributed by atoms with Crippen molar-refractivity contribution in [1.29, 1.82) is 0 Å². The number of nitrogen functional groups attached to an aromatic ring is 1. The van der Waals surface area contributed by atoms with Crippen LogP contribution >= 0.6 is 0 Å². The number of nitrogens with two attached hydrogens (primary N) is 1. The maximum atomic E-state index is 11.1. The Morgan fingerprint density at radius 2 is 2.07 bits per heavy atom. The van der Waals surface area contributed by atoms with Crippen molar-refractivity contribution in [3.8, 4) is 11.5 Å². The number of imidazole rings is 1. The zero-order chi connectivity index (χ0) is 21.6. The molecule has 1 aliphatic rings. The second kappa shape index (κ2) is 7.36. The lowest BCUT2D eigenvalue weighted by Crippen LogP contribution is -2.49. The van der Waals surface area contributed by atoms with Crippen LogP contribution in [0.5, 0.6) is 11.5 Å². The first-order chi connectivity index (χ1) is 14.3. The van der Waals surface area contributed by atoms with Crippen molar-refractivity contribution in [2.45, 2.75) is 36.9 Å². The third kappa shape index (κ3) is 2.78. The topological polar surface area (TPSA) is 169 Å². The summed E-state index contributed by atoms with van der Waals surface area (Å²) in [5.41, 5.74) is 5.47. The van der Waals surface area contributed by atoms with Crippen LogP contribution in [0.2, 0.25) is 0 Å². The van der Waals surface area contributed by atoms with E-state index in [1.54, 1.807) is 19.1 Å². The van der Waals surface area contributed by atoms with E-state index < -0.39 is 36.6 Å². The van der Waals surface area contributed by atoms with Crippen LogP contribution < -0.4 is 10.5 Å². The minimum Gasteiger partial charge on any atom is -0.504 e. The van der Waals surface area contributed by atoms with Crippen LogP contribution in [0.3, 0.4) is 0 Å². The maximum Gasteiger partial charge on any atom is 0.183 e. The number of phenols is 1. The first-order valence-electron chi connectivity index (χ1n) is 9.30. The van der Waals surface area contributed by atoms with Crippen molar-refractivity contribution < 1.29 is 29.9 Å². The van der Waals surface area contributed by atoms with Crippen molar-refractivity contribution in [3.05, 3.63) is 36.4 Å². The van der Waals surface area contributed by atoms with Gasteiger partial charge in [0.15, 0.2) is 28.7 Å². The molecule has 3 aromatic rings. The second-order valence-electron chi connectivity index (χ2n) is 7.22. The maximum absolute atomic E-state index is 11.1. The van der Waals surface area contributed by atoms with Crippen LogP contribution in [0, 0.1) is 0 Å². The molecule has 0 aliphatic carbocycles. The fourth-order valence-electron chi connectivity index (χ4n) is 4.07. The summed E-state index contributed by atoms with van der Waals surface area (Å²) in [6.45, 7) is 1.25. The normalized spacial score (nSPS) is 27.4. The van der Waals surface area contributed by atoms with Gasteiger partial charge in [0.1, 0.15) is 30.2 Å². The highest BCUT2D eigenvalue weighted by molar-refractivity contribution is 5.81. The van der Waals surface area contributed by atoms with Gasteiger partial charge in [0.05, 0.1) is 20.0 Å². The molecule has 4 rings (SSSR count). The number of anilines is 1. The van der Waals surface area contributed by atoms with Crippen LogP contribution in [-0.4, -0.2) is 72.0 Å². The van der Waals surface area contributed by atoms with Crippen molar-refractivity contribution in [1.82, 2.24) is 19.5 Å². The van der Waals surface area contributed by atoms with Gasteiger partial charge in [-0.15, -0.1) is 0 Å². The fourth-order valence-corrected chi connectivity index (χ4v) is 4.07. The molecule has 0 amide bonds. The molecule has 11 heteroatoms. The van der Waals surface area contributed by atoms with E-state index in [0.717, 1.165) is 0 Å². The lowest BCUT2D eigenvalue weighted by molar-refractivity contribution is -0.159. The predicted molar refractivity (Wildman–Crippen MR) is 105 cm³/mol. The molecule has 1 saturated heterocycles. The number of aliphatic hydroxyl groups excluding tert-OH is 3. The van der Waals surface area contributed by atoms with Gasteiger partial charge in [0, 0.05) is 5.92 Å². The third-order valence-electron chi connectivity index (χ3n) is 5.71. The molecule has 6 N–H and O–H groups in total. The number of aliphatic hydroxyl groups is 3. The Labute approximate surface area is 171 Å². The Morgan fingerprint density at radius 3 is 2.70 bits per heavy atom.